The first-order valence-corrected chi connectivity index (χ1v) is 6.75. The van der Waals surface area contributed by atoms with E-state index in [2.05, 4.69) is 0 Å². The van der Waals surface area contributed by atoms with Crippen molar-refractivity contribution in [3.63, 3.8) is 0 Å². The summed E-state index contributed by atoms with van der Waals surface area (Å²) in [6.45, 7) is 4.09. The topological polar surface area (TPSA) is 59.3 Å². The van der Waals surface area contributed by atoms with Crippen LogP contribution in [0.5, 0.6) is 0 Å². The van der Waals surface area contributed by atoms with E-state index in [0.717, 1.165) is 27.7 Å². The number of carboxylic acid groups (broad SMARTS) is 1. The summed E-state index contributed by atoms with van der Waals surface area (Å²) in [5.74, 6) is -1.53. The molecular weight excluding hydrogens is 254 g/mol. The zero-order chi connectivity index (χ0) is 14.6. The van der Waals surface area contributed by atoms with E-state index in [1.807, 2.05) is 37.6 Å². The van der Waals surface area contributed by atoms with Crippen LogP contribution in [0.1, 0.15) is 33.6 Å². The van der Waals surface area contributed by atoms with Gasteiger partial charge in [0.25, 0.3) is 0 Å². The van der Waals surface area contributed by atoms with E-state index in [0.29, 0.717) is 6.42 Å². The highest BCUT2D eigenvalue weighted by Gasteiger charge is 2.34. The van der Waals surface area contributed by atoms with Crippen molar-refractivity contribution in [2.45, 2.75) is 26.7 Å². The molecule has 1 aromatic heterocycles. The highest BCUT2D eigenvalue weighted by molar-refractivity contribution is 6.12. The second-order valence-electron chi connectivity index (χ2n) is 5.65. The normalized spacial score (nSPS) is 18.4. The van der Waals surface area contributed by atoms with Gasteiger partial charge >= 0.3 is 5.97 Å². The third kappa shape index (κ3) is 1.60. The largest absolute Gasteiger partial charge is 0.481 e. The number of hydrogen-bond acceptors (Lipinski definition) is 2. The Morgan fingerprint density at radius 1 is 1.30 bits per heavy atom. The van der Waals surface area contributed by atoms with E-state index in [4.69, 9.17) is 0 Å². The van der Waals surface area contributed by atoms with E-state index in [1.54, 1.807) is 0 Å². The maximum atomic E-state index is 12.3. The summed E-state index contributed by atoms with van der Waals surface area (Å²) in [7, 11) is 1.92. The van der Waals surface area contributed by atoms with Gasteiger partial charge in [0.05, 0.1) is 11.4 Å². The van der Waals surface area contributed by atoms with Crippen LogP contribution >= 0.6 is 0 Å². The Balaban J connectivity index is 2.32. The monoisotopic (exact) mass is 271 g/mol. The number of hydrogen-bond donors (Lipinski definition) is 1. The minimum atomic E-state index is -0.887. The van der Waals surface area contributed by atoms with Crippen molar-refractivity contribution in [2.75, 3.05) is 0 Å². The number of aryl methyl sites for hydroxylation is 3. The number of carbonyl (C=O) groups is 2. The molecule has 2 aromatic rings. The smallest absolute Gasteiger partial charge is 0.307 e. The first-order valence-electron chi connectivity index (χ1n) is 6.75. The summed E-state index contributed by atoms with van der Waals surface area (Å²) in [6, 6.07) is 4.00. The third-order valence-corrected chi connectivity index (χ3v) is 4.50. The number of benzene rings is 1. The molecule has 1 N–H and O–H groups in total. The van der Waals surface area contributed by atoms with Crippen molar-refractivity contribution >= 4 is 22.7 Å². The fraction of sp³-hybridized carbons (Fsp3) is 0.375. The Kier molecular flexibility index (Phi) is 2.71. The summed E-state index contributed by atoms with van der Waals surface area (Å²) < 4.78 is 2.00. The lowest BCUT2D eigenvalue weighted by Gasteiger charge is -2.19. The van der Waals surface area contributed by atoms with Crippen LogP contribution < -0.4 is 0 Å². The van der Waals surface area contributed by atoms with Crippen LogP contribution in [0.25, 0.3) is 10.9 Å². The number of nitrogens with zero attached hydrogens (tertiary/aromatic N) is 1. The first kappa shape index (κ1) is 12.9. The van der Waals surface area contributed by atoms with E-state index in [1.165, 1.54) is 5.56 Å². The van der Waals surface area contributed by atoms with Gasteiger partial charge in [-0.2, -0.15) is 0 Å². The maximum Gasteiger partial charge on any atom is 0.307 e. The SMILES string of the molecule is Cc1ccc2c3c(n(C)c2c1C)CC(C(=O)O)CC3=O. The molecule has 1 unspecified atom stereocenters. The number of carbonyl (C=O) groups excluding carboxylic acids is 1. The standard InChI is InChI=1S/C16H17NO3/c1-8-4-5-11-14-12(17(3)15(11)9(8)2)6-10(16(19)20)7-13(14)18/h4-5,10H,6-7H2,1-3H3,(H,19,20). The molecule has 0 aliphatic heterocycles. The fourth-order valence-corrected chi connectivity index (χ4v) is 3.25. The number of rotatable bonds is 1. The predicted molar refractivity (Wildman–Crippen MR) is 76.2 cm³/mol. The zero-order valence-corrected chi connectivity index (χ0v) is 11.9. The van der Waals surface area contributed by atoms with Gasteiger partial charge in [0.2, 0.25) is 0 Å². The lowest BCUT2D eigenvalue weighted by Crippen LogP contribution is -2.27. The molecule has 0 amide bonds. The van der Waals surface area contributed by atoms with Crippen LogP contribution in [0, 0.1) is 19.8 Å². The van der Waals surface area contributed by atoms with E-state index in [9.17, 15) is 14.7 Å². The molecule has 0 saturated heterocycles. The summed E-state index contributed by atoms with van der Waals surface area (Å²) in [5, 5.41) is 10.1. The number of carboxylic acids is 1. The van der Waals surface area contributed by atoms with Crippen LogP contribution in [-0.4, -0.2) is 21.4 Å². The Bertz CT molecular complexity index is 755. The maximum absolute atomic E-state index is 12.3. The van der Waals surface area contributed by atoms with Gasteiger partial charge in [-0.05, 0) is 25.0 Å². The van der Waals surface area contributed by atoms with Gasteiger partial charge in [0.15, 0.2) is 5.78 Å². The Morgan fingerprint density at radius 2 is 2.00 bits per heavy atom. The van der Waals surface area contributed by atoms with Crippen LogP contribution in [0.2, 0.25) is 0 Å². The molecular formula is C16H17NO3. The second kappa shape index (κ2) is 4.20. The Morgan fingerprint density at radius 3 is 2.65 bits per heavy atom. The van der Waals surface area contributed by atoms with Crippen molar-refractivity contribution in [2.24, 2.45) is 13.0 Å². The molecule has 1 aliphatic rings. The predicted octanol–water partition coefficient (Wildman–Crippen LogP) is 2.62. The van der Waals surface area contributed by atoms with Crippen LogP contribution in [0.4, 0.5) is 0 Å². The molecule has 104 valence electrons. The van der Waals surface area contributed by atoms with Gasteiger partial charge in [-0.25, -0.2) is 0 Å². The molecule has 0 fully saturated rings. The quantitative estimate of drug-likeness (QED) is 0.867. The highest BCUT2D eigenvalue weighted by Crippen LogP contribution is 2.35. The minimum absolute atomic E-state index is 0.0486. The average molecular weight is 271 g/mol. The van der Waals surface area contributed by atoms with Crippen molar-refractivity contribution < 1.29 is 14.7 Å². The molecule has 0 radical (unpaired) electrons. The summed E-state index contributed by atoms with van der Waals surface area (Å²) in [5.41, 5.74) is 4.96. The number of aromatic nitrogens is 1. The molecule has 20 heavy (non-hydrogen) atoms. The van der Waals surface area contributed by atoms with E-state index < -0.39 is 11.9 Å². The Hall–Kier alpha value is -2.10. The minimum Gasteiger partial charge on any atom is -0.481 e. The number of fused-ring (bicyclic) bond motifs is 3. The van der Waals surface area contributed by atoms with Crippen molar-refractivity contribution in [3.8, 4) is 0 Å². The molecule has 4 nitrogen and oxygen atoms in total. The van der Waals surface area contributed by atoms with Crippen LogP contribution in [0.3, 0.4) is 0 Å². The molecule has 1 heterocycles. The number of ketones is 1. The zero-order valence-electron chi connectivity index (χ0n) is 11.9. The van der Waals surface area contributed by atoms with Crippen molar-refractivity contribution in [1.82, 2.24) is 4.57 Å². The molecule has 1 aromatic carbocycles. The van der Waals surface area contributed by atoms with E-state index in [-0.39, 0.29) is 12.2 Å². The number of aliphatic carboxylic acids is 1. The molecule has 0 saturated carbocycles. The van der Waals surface area contributed by atoms with Gasteiger partial charge < -0.3 is 9.67 Å². The molecule has 0 spiro atoms. The van der Waals surface area contributed by atoms with Gasteiger partial charge in [-0.1, -0.05) is 12.1 Å². The Labute approximate surface area is 117 Å². The molecule has 1 aliphatic carbocycles. The second-order valence-corrected chi connectivity index (χ2v) is 5.65. The third-order valence-electron chi connectivity index (χ3n) is 4.50. The average Bonchev–Trinajstić information content (AvgIpc) is 2.68. The number of Topliss-reactive ketones (excluding diaryl/α,β-unsaturated/α-hetero) is 1. The van der Waals surface area contributed by atoms with Gasteiger partial charge in [-0.3, -0.25) is 9.59 Å². The summed E-state index contributed by atoms with van der Waals surface area (Å²) in [4.78, 5) is 23.5. The van der Waals surface area contributed by atoms with Gasteiger partial charge in [0, 0.05) is 36.5 Å². The summed E-state index contributed by atoms with van der Waals surface area (Å²) >= 11 is 0. The molecule has 1 atom stereocenters. The first-order chi connectivity index (χ1) is 9.41. The molecule has 3 rings (SSSR count). The van der Waals surface area contributed by atoms with Gasteiger partial charge in [-0.15, -0.1) is 0 Å². The van der Waals surface area contributed by atoms with Crippen molar-refractivity contribution in [3.05, 3.63) is 34.5 Å². The lowest BCUT2D eigenvalue weighted by atomic mass is 9.85. The summed E-state index contributed by atoms with van der Waals surface area (Å²) in [6.07, 6.45) is 0.536. The van der Waals surface area contributed by atoms with Crippen LogP contribution in [0.15, 0.2) is 12.1 Å². The fourth-order valence-electron chi connectivity index (χ4n) is 3.25. The van der Waals surface area contributed by atoms with Crippen LogP contribution in [-0.2, 0) is 18.3 Å². The van der Waals surface area contributed by atoms with Crippen molar-refractivity contribution in [1.29, 1.82) is 0 Å². The molecule has 4 heteroatoms. The lowest BCUT2D eigenvalue weighted by molar-refractivity contribution is -0.141. The molecule has 0 bridgehead atoms. The highest BCUT2D eigenvalue weighted by atomic mass is 16.4. The van der Waals surface area contributed by atoms with E-state index >= 15 is 0 Å². The van der Waals surface area contributed by atoms with Gasteiger partial charge in [0.1, 0.15) is 0 Å².